The fraction of sp³-hybridized carbons (Fsp3) is 0.143. The Labute approximate surface area is 156 Å². The molecular formula is C21H19NO5. The van der Waals surface area contributed by atoms with Crippen LogP contribution in [-0.2, 0) is 9.47 Å². The second kappa shape index (κ2) is 7.78. The quantitative estimate of drug-likeness (QED) is 0.693. The molecule has 0 bridgehead atoms. The predicted octanol–water partition coefficient (Wildman–Crippen LogP) is 3.93. The first-order valence-corrected chi connectivity index (χ1v) is 8.23. The number of ether oxygens (including phenoxy) is 3. The molecule has 0 unspecified atom stereocenters. The van der Waals surface area contributed by atoms with Crippen LogP contribution in [0.2, 0.25) is 0 Å². The molecule has 0 atom stereocenters. The van der Waals surface area contributed by atoms with E-state index in [9.17, 15) is 9.59 Å². The number of aromatic nitrogens is 1. The average molecular weight is 365 g/mol. The average Bonchev–Trinajstić information content (AvgIpc) is 3.14. The van der Waals surface area contributed by atoms with Gasteiger partial charge in [0.1, 0.15) is 16.9 Å². The predicted molar refractivity (Wildman–Crippen MR) is 101 cm³/mol. The minimum absolute atomic E-state index is 0.133. The molecular weight excluding hydrogens is 346 g/mol. The van der Waals surface area contributed by atoms with E-state index < -0.39 is 11.9 Å². The first-order chi connectivity index (χ1) is 13.1. The molecule has 27 heavy (non-hydrogen) atoms. The maximum absolute atomic E-state index is 12.5. The lowest BCUT2D eigenvalue weighted by Crippen LogP contribution is -2.11. The Morgan fingerprint density at radius 3 is 1.63 bits per heavy atom. The summed E-state index contributed by atoms with van der Waals surface area (Å²) in [6, 6.07) is 16.4. The minimum Gasteiger partial charge on any atom is -0.497 e. The van der Waals surface area contributed by atoms with Gasteiger partial charge in [0.2, 0.25) is 0 Å². The molecule has 6 nitrogen and oxygen atoms in total. The van der Waals surface area contributed by atoms with E-state index in [1.54, 1.807) is 31.4 Å². The van der Waals surface area contributed by atoms with E-state index in [1.165, 1.54) is 14.2 Å². The van der Waals surface area contributed by atoms with Gasteiger partial charge in [-0.05, 0) is 35.4 Å². The molecule has 1 N–H and O–H groups in total. The smallest absolute Gasteiger partial charge is 0.340 e. The van der Waals surface area contributed by atoms with Crippen molar-refractivity contribution in [3.63, 3.8) is 0 Å². The van der Waals surface area contributed by atoms with Crippen LogP contribution in [0, 0.1) is 0 Å². The Hall–Kier alpha value is -3.54. The maximum Gasteiger partial charge on any atom is 0.340 e. The van der Waals surface area contributed by atoms with Crippen molar-refractivity contribution in [1.29, 1.82) is 0 Å². The molecule has 0 aliphatic rings. The van der Waals surface area contributed by atoms with Crippen LogP contribution in [0.1, 0.15) is 20.7 Å². The summed E-state index contributed by atoms with van der Waals surface area (Å²) in [5.41, 5.74) is 2.71. The molecule has 2 aromatic carbocycles. The van der Waals surface area contributed by atoms with Crippen LogP contribution >= 0.6 is 0 Å². The van der Waals surface area contributed by atoms with Gasteiger partial charge in [-0.2, -0.15) is 0 Å². The summed E-state index contributed by atoms with van der Waals surface area (Å²) in [5.74, 6) is -0.564. The summed E-state index contributed by atoms with van der Waals surface area (Å²) in [6.07, 6.45) is 0. The lowest BCUT2D eigenvalue weighted by atomic mass is 10.0. The molecule has 0 aliphatic carbocycles. The highest BCUT2D eigenvalue weighted by Crippen LogP contribution is 2.35. The number of methoxy groups -OCH3 is 3. The number of H-pyrrole nitrogens is 1. The SMILES string of the molecule is COC(=O)c1c(-c2ccccc2)[nH]c(-c2ccc(OC)cc2)c1C(=O)OC. The fourth-order valence-corrected chi connectivity index (χ4v) is 2.91. The summed E-state index contributed by atoms with van der Waals surface area (Å²) < 4.78 is 15.1. The number of carbonyl (C=O) groups excluding carboxylic acids is 2. The third-order valence-corrected chi connectivity index (χ3v) is 4.22. The zero-order chi connectivity index (χ0) is 19.4. The largest absolute Gasteiger partial charge is 0.497 e. The number of nitrogens with one attached hydrogen (secondary N) is 1. The van der Waals surface area contributed by atoms with Crippen LogP contribution in [0.4, 0.5) is 0 Å². The highest BCUT2D eigenvalue weighted by atomic mass is 16.5. The van der Waals surface area contributed by atoms with Crippen LogP contribution in [0.3, 0.4) is 0 Å². The van der Waals surface area contributed by atoms with E-state index in [0.717, 1.165) is 5.56 Å². The van der Waals surface area contributed by atoms with Gasteiger partial charge in [-0.3, -0.25) is 0 Å². The summed E-state index contributed by atoms with van der Waals surface area (Å²) >= 11 is 0. The van der Waals surface area contributed by atoms with Crippen LogP contribution < -0.4 is 4.74 Å². The van der Waals surface area contributed by atoms with Gasteiger partial charge in [-0.1, -0.05) is 30.3 Å². The molecule has 3 rings (SSSR count). The minimum atomic E-state index is -0.625. The van der Waals surface area contributed by atoms with Crippen molar-refractivity contribution < 1.29 is 23.8 Å². The zero-order valence-electron chi connectivity index (χ0n) is 15.2. The van der Waals surface area contributed by atoms with E-state index in [4.69, 9.17) is 14.2 Å². The summed E-state index contributed by atoms with van der Waals surface area (Å²) in [7, 11) is 4.13. The molecule has 1 aromatic heterocycles. The number of carbonyl (C=O) groups is 2. The monoisotopic (exact) mass is 365 g/mol. The van der Waals surface area contributed by atoms with Crippen LogP contribution in [0.15, 0.2) is 54.6 Å². The van der Waals surface area contributed by atoms with Crippen LogP contribution in [0.5, 0.6) is 5.75 Å². The van der Waals surface area contributed by atoms with Crippen molar-refractivity contribution in [1.82, 2.24) is 4.98 Å². The van der Waals surface area contributed by atoms with Gasteiger partial charge in [0.05, 0.1) is 32.7 Å². The van der Waals surface area contributed by atoms with E-state index in [0.29, 0.717) is 22.7 Å². The van der Waals surface area contributed by atoms with Crippen LogP contribution in [0.25, 0.3) is 22.5 Å². The first kappa shape index (κ1) is 18.3. The second-order valence-electron chi connectivity index (χ2n) is 5.70. The molecule has 138 valence electrons. The number of hydrogen-bond acceptors (Lipinski definition) is 5. The molecule has 1 heterocycles. The second-order valence-corrected chi connectivity index (χ2v) is 5.70. The van der Waals surface area contributed by atoms with Crippen LogP contribution in [-0.4, -0.2) is 38.3 Å². The Morgan fingerprint density at radius 1 is 0.704 bits per heavy atom. The zero-order valence-corrected chi connectivity index (χ0v) is 15.2. The molecule has 0 radical (unpaired) electrons. The van der Waals surface area contributed by atoms with E-state index in [1.807, 2.05) is 30.3 Å². The number of aromatic amines is 1. The molecule has 3 aromatic rings. The molecule has 0 fully saturated rings. The normalized spacial score (nSPS) is 10.3. The molecule has 0 aliphatic heterocycles. The van der Waals surface area contributed by atoms with E-state index in [2.05, 4.69) is 4.98 Å². The van der Waals surface area contributed by atoms with E-state index >= 15 is 0 Å². The van der Waals surface area contributed by atoms with E-state index in [-0.39, 0.29) is 11.1 Å². The Morgan fingerprint density at radius 2 is 1.19 bits per heavy atom. The Bertz CT molecular complexity index is 958. The summed E-state index contributed by atoms with van der Waals surface area (Å²) in [5, 5.41) is 0. The summed E-state index contributed by atoms with van der Waals surface area (Å²) in [4.78, 5) is 28.3. The lowest BCUT2D eigenvalue weighted by Gasteiger charge is -2.06. The molecule has 0 saturated carbocycles. The van der Waals surface area contributed by atoms with Gasteiger partial charge in [0, 0.05) is 0 Å². The van der Waals surface area contributed by atoms with Gasteiger partial charge < -0.3 is 19.2 Å². The molecule has 6 heteroatoms. The van der Waals surface area contributed by atoms with Gasteiger partial charge in [-0.15, -0.1) is 0 Å². The standard InChI is InChI=1S/C21H19NO5/c1-25-15-11-9-14(10-12-15)19-17(21(24)27-3)16(20(23)26-2)18(22-19)13-7-5-4-6-8-13/h4-12,22H,1-3H3. The van der Waals surface area contributed by atoms with Crippen molar-refractivity contribution in [2.24, 2.45) is 0 Å². The van der Waals surface area contributed by atoms with Crippen molar-refractivity contribution in [2.75, 3.05) is 21.3 Å². The molecule has 0 spiro atoms. The highest BCUT2D eigenvalue weighted by Gasteiger charge is 2.30. The first-order valence-electron chi connectivity index (χ1n) is 8.23. The van der Waals surface area contributed by atoms with Gasteiger partial charge in [0.15, 0.2) is 0 Å². The third kappa shape index (κ3) is 3.42. The van der Waals surface area contributed by atoms with Gasteiger partial charge >= 0.3 is 11.9 Å². The van der Waals surface area contributed by atoms with Crippen molar-refractivity contribution in [3.8, 4) is 28.3 Å². The number of benzene rings is 2. The van der Waals surface area contributed by atoms with Gasteiger partial charge in [0.25, 0.3) is 0 Å². The van der Waals surface area contributed by atoms with Crippen molar-refractivity contribution in [3.05, 3.63) is 65.7 Å². The van der Waals surface area contributed by atoms with Crippen molar-refractivity contribution >= 4 is 11.9 Å². The Balaban J connectivity index is 2.30. The fourth-order valence-electron chi connectivity index (χ4n) is 2.91. The maximum atomic E-state index is 12.5. The highest BCUT2D eigenvalue weighted by molar-refractivity contribution is 6.11. The van der Waals surface area contributed by atoms with Crippen molar-refractivity contribution in [2.45, 2.75) is 0 Å². The van der Waals surface area contributed by atoms with Gasteiger partial charge in [-0.25, -0.2) is 9.59 Å². The Kier molecular flexibility index (Phi) is 5.26. The molecule has 0 amide bonds. The summed E-state index contributed by atoms with van der Waals surface area (Å²) in [6.45, 7) is 0. The lowest BCUT2D eigenvalue weighted by molar-refractivity contribution is 0.0558. The topological polar surface area (TPSA) is 77.6 Å². The third-order valence-electron chi connectivity index (χ3n) is 4.22. The number of hydrogen-bond donors (Lipinski definition) is 1. The number of esters is 2. The number of rotatable bonds is 5. The molecule has 0 saturated heterocycles.